The molecule has 4 N–H and O–H groups in total. The van der Waals surface area contributed by atoms with Crippen LogP contribution >= 0.6 is 0 Å². The first-order chi connectivity index (χ1) is 11.0. The maximum atomic E-state index is 12.9. The number of pyridine rings is 1. The molecule has 0 saturated carbocycles. The second-order valence-electron chi connectivity index (χ2n) is 5.00. The molecule has 23 heavy (non-hydrogen) atoms. The van der Waals surface area contributed by atoms with Gasteiger partial charge in [-0.3, -0.25) is 9.78 Å². The minimum atomic E-state index is -0.580. The van der Waals surface area contributed by atoms with Gasteiger partial charge in [0.15, 0.2) is 0 Å². The Bertz CT molecular complexity index is 662. The van der Waals surface area contributed by atoms with Gasteiger partial charge in [0.25, 0.3) is 0 Å². The van der Waals surface area contributed by atoms with Gasteiger partial charge in [-0.1, -0.05) is 12.1 Å². The lowest BCUT2D eigenvalue weighted by atomic mass is 9.98. The minimum absolute atomic E-state index is 0.0869. The van der Waals surface area contributed by atoms with E-state index in [0.717, 1.165) is 5.56 Å². The molecule has 0 bridgehead atoms. The molecule has 0 fully saturated rings. The molecular formula is C16H17FN4O2. The lowest BCUT2D eigenvalue weighted by Gasteiger charge is -2.15. The van der Waals surface area contributed by atoms with Gasteiger partial charge in [0.2, 0.25) is 5.91 Å². The molecule has 0 unspecified atom stereocenters. The lowest BCUT2D eigenvalue weighted by Crippen LogP contribution is -2.39. The molecule has 0 aliphatic heterocycles. The molecular weight excluding hydrogens is 299 g/mol. The highest BCUT2D eigenvalue weighted by atomic mass is 19.1. The van der Waals surface area contributed by atoms with Crippen LogP contribution in [0, 0.1) is 11.7 Å². The van der Waals surface area contributed by atoms with Gasteiger partial charge in [-0.25, -0.2) is 9.18 Å². The molecule has 3 amide bonds. The summed E-state index contributed by atoms with van der Waals surface area (Å²) in [6.45, 7) is 0.0869. The Hall–Kier alpha value is -2.96. The number of rotatable bonds is 6. The summed E-state index contributed by atoms with van der Waals surface area (Å²) in [5.74, 6) is -1.46. The standard InChI is InChI=1S/C16H17FN4O2/c17-13-3-1-11(2-4-13)9-12(15(18)22)10-20-16(23)21-14-5-7-19-8-6-14/h1-8,12H,9-10H2,(H2,18,22)(H2,19,20,21,23)/t12-/m1/s1. The van der Waals surface area contributed by atoms with Gasteiger partial charge in [-0.15, -0.1) is 0 Å². The van der Waals surface area contributed by atoms with E-state index < -0.39 is 17.9 Å². The quantitative estimate of drug-likeness (QED) is 0.756. The number of nitrogens with two attached hydrogens (primary N) is 1. The van der Waals surface area contributed by atoms with Crippen molar-refractivity contribution in [1.29, 1.82) is 0 Å². The monoisotopic (exact) mass is 316 g/mol. The molecule has 0 aliphatic carbocycles. The molecule has 2 rings (SSSR count). The third-order valence-electron chi connectivity index (χ3n) is 3.24. The van der Waals surface area contributed by atoms with Crippen molar-refractivity contribution in [2.45, 2.75) is 6.42 Å². The first-order valence-electron chi connectivity index (χ1n) is 7.03. The van der Waals surface area contributed by atoms with Crippen LogP contribution < -0.4 is 16.4 Å². The highest BCUT2D eigenvalue weighted by molar-refractivity contribution is 5.89. The Balaban J connectivity index is 1.88. The van der Waals surface area contributed by atoms with Crippen molar-refractivity contribution in [3.8, 4) is 0 Å². The number of carbonyl (C=O) groups is 2. The maximum Gasteiger partial charge on any atom is 0.319 e. The summed E-state index contributed by atoms with van der Waals surface area (Å²) in [4.78, 5) is 27.1. The van der Waals surface area contributed by atoms with Crippen molar-refractivity contribution < 1.29 is 14.0 Å². The van der Waals surface area contributed by atoms with Crippen LogP contribution in [0.1, 0.15) is 5.56 Å². The number of hydrogen-bond donors (Lipinski definition) is 3. The second-order valence-corrected chi connectivity index (χ2v) is 5.00. The Labute approximate surface area is 132 Å². The summed E-state index contributed by atoms with van der Waals surface area (Å²) in [7, 11) is 0. The van der Waals surface area contributed by atoms with E-state index in [1.54, 1.807) is 36.7 Å². The summed E-state index contributed by atoms with van der Waals surface area (Å²) in [5.41, 5.74) is 6.72. The van der Waals surface area contributed by atoms with Crippen LogP contribution in [0.15, 0.2) is 48.8 Å². The van der Waals surface area contributed by atoms with E-state index in [2.05, 4.69) is 15.6 Å². The van der Waals surface area contributed by atoms with E-state index in [0.29, 0.717) is 12.1 Å². The fourth-order valence-electron chi connectivity index (χ4n) is 2.00. The van der Waals surface area contributed by atoms with E-state index in [1.165, 1.54) is 12.1 Å². The Kier molecular flexibility index (Phi) is 5.62. The zero-order valence-electron chi connectivity index (χ0n) is 12.3. The van der Waals surface area contributed by atoms with Crippen LogP contribution in [0.3, 0.4) is 0 Å². The van der Waals surface area contributed by atoms with Gasteiger partial charge in [-0.2, -0.15) is 0 Å². The van der Waals surface area contributed by atoms with Gasteiger partial charge in [0, 0.05) is 24.6 Å². The third-order valence-corrected chi connectivity index (χ3v) is 3.24. The summed E-state index contributed by atoms with van der Waals surface area (Å²) in [6.07, 6.45) is 3.43. The van der Waals surface area contributed by atoms with E-state index in [-0.39, 0.29) is 12.4 Å². The SMILES string of the molecule is NC(=O)[C@@H](CNC(=O)Nc1ccncc1)Cc1ccc(F)cc1. The lowest BCUT2D eigenvalue weighted by molar-refractivity contribution is -0.121. The van der Waals surface area contributed by atoms with Crippen molar-refractivity contribution >= 4 is 17.6 Å². The van der Waals surface area contributed by atoms with Crippen LogP contribution in [-0.4, -0.2) is 23.5 Å². The molecule has 0 saturated heterocycles. The van der Waals surface area contributed by atoms with Gasteiger partial charge in [0.1, 0.15) is 5.82 Å². The number of nitrogens with one attached hydrogen (secondary N) is 2. The molecule has 2 aromatic rings. The molecule has 120 valence electrons. The Morgan fingerprint density at radius 1 is 1.13 bits per heavy atom. The molecule has 1 aromatic heterocycles. The van der Waals surface area contributed by atoms with Gasteiger partial charge in [0.05, 0.1) is 5.92 Å². The number of benzene rings is 1. The summed E-state index contributed by atoms with van der Waals surface area (Å²) in [6, 6.07) is 8.65. The number of amides is 3. The van der Waals surface area contributed by atoms with Crippen molar-refractivity contribution in [2.75, 3.05) is 11.9 Å². The van der Waals surface area contributed by atoms with E-state index in [9.17, 15) is 14.0 Å². The zero-order chi connectivity index (χ0) is 16.7. The van der Waals surface area contributed by atoms with Crippen LogP contribution in [0.2, 0.25) is 0 Å². The molecule has 6 nitrogen and oxygen atoms in total. The number of aromatic nitrogens is 1. The molecule has 1 aromatic carbocycles. The average Bonchev–Trinajstić information content (AvgIpc) is 2.54. The first kappa shape index (κ1) is 16.4. The summed E-state index contributed by atoms with van der Waals surface area (Å²) in [5, 5.41) is 5.21. The number of nitrogens with zero attached hydrogens (tertiary/aromatic N) is 1. The highest BCUT2D eigenvalue weighted by Crippen LogP contribution is 2.10. The predicted molar refractivity (Wildman–Crippen MR) is 84.0 cm³/mol. The normalized spacial score (nSPS) is 11.5. The second kappa shape index (κ2) is 7.88. The van der Waals surface area contributed by atoms with Crippen LogP contribution in [0.5, 0.6) is 0 Å². The van der Waals surface area contributed by atoms with Crippen LogP contribution in [-0.2, 0) is 11.2 Å². The van der Waals surface area contributed by atoms with Crippen molar-refractivity contribution in [3.05, 3.63) is 60.2 Å². The molecule has 1 heterocycles. The number of anilines is 1. The number of urea groups is 1. The van der Waals surface area contributed by atoms with Crippen molar-refractivity contribution in [1.82, 2.24) is 10.3 Å². The van der Waals surface area contributed by atoms with E-state index in [4.69, 9.17) is 5.73 Å². The summed E-state index contributed by atoms with van der Waals surface area (Å²) < 4.78 is 12.9. The smallest absolute Gasteiger partial charge is 0.319 e. The van der Waals surface area contributed by atoms with Gasteiger partial charge < -0.3 is 16.4 Å². The Morgan fingerprint density at radius 2 is 1.78 bits per heavy atom. The molecule has 0 spiro atoms. The largest absolute Gasteiger partial charge is 0.369 e. The molecule has 7 heteroatoms. The third kappa shape index (κ3) is 5.39. The first-order valence-corrected chi connectivity index (χ1v) is 7.03. The van der Waals surface area contributed by atoms with E-state index >= 15 is 0 Å². The van der Waals surface area contributed by atoms with E-state index in [1.807, 2.05) is 0 Å². The van der Waals surface area contributed by atoms with Crippen LogP contribution in [0.4, 0.5) is 14.9 Å². The predicted octanol–water partition coefficient (Wildman–Crippen LogP) is 1.69. The Morgan fingerprint density at radius 3 is 2.39 bits per heavy atom. The van der Waals surface area contributed by atoms with Crippen molar-refractivity contribution in [2.24, 2.45) is 11.7 Å². The van der Waals surface area contributed by atoms with Gasteiger partial charge >= 0.3 is 6.03 Å². The topological polar surface area (TPSA) is 97.1 Å². The fourth-order valence-corrected chi connectivity index (χ4v) is 2.00. The summed E-state index contributed by atoms with van der Waals surface area (Å²) >= 11 is 0. The minimum Gasteiger partial charge on any atom is -0.369 e. The highest BCUT2D eigenvalue weighted by Gasteiger charge is 2.17. The fraction of sp³-hybridized carbons (Fsp3) is 0.188. The maximum absolute atomic E-state index is 12.9. The number of carbonyl (C=O) groups excluding carboxylic acids is 2. The molecule has 0 radical (unpaired) electrons. The van der Waals surface area contributed by atoms with Gasteiger partial charge in [-0.05, 0) is 36.2 Å². The average molecular weight is 316 g/mol. The number of primary amides is 1. The molecule has 0 aliphatic rings. The number of hydrogen-bond acceptors (Lipinski definition) is 3. The molecule has 1 atom stereocenters. The zero-order valence-corrected chi connectivity index (χ0v) is 12.3. The van der Waals surface area contributed by atoms with Crippen molar-refractivity contribution in [3.63, 3.8) is 0 Å². The number of halogens is 1. The van der Waals surface area contributed by atoms with Crippen LogP contribution in [0.25, 0.3) is 0 Å².